The van der Waals surface area contributed by atoms with Crippen molar-refractivity contribution in [2.45, 2.75) is 0 Å². The van der Waals surface area contributed by atoms with Crippen molar-refractivity contribution in [2.24, 2.45) is 0 Å². The molecule has 0 atom stereocenters. The summed E-state index contributed by atoms with van der Waals surface area (Å²) in [5.74, 6) is -0.926. The molecule has 6 aromatic rings. The molecule has 33 heavy (non-hydrogen) atoms. The van der Waals surface area contributed by atoms with Crippen LogP contribution in [0.1, 0.15) is 11.0 Å². The summed E-state index contributed by atoms with van der Waals surface area (Å²) >= 11 is 2.57. The first-order chi connectivity index (χ1) is 19.0. The van der Waals surface area contributed by atoms with Gasteiger partial charge in [0.15, 0.2) is 0 Å². The van der Waals surface area contributed by atoms with Gasteiger partial charge in [-0.25, -0.2) is 9.97 Å². The van der Waals surface area contributed by atoms with Gasteiger partial charge < -0.3 is 10.2 Å². The van der Waals surface area contributed by atoms with Gasteiger partial charge in [0.25, 0.3) is 0 Å². The Labute approximate surface area is 222 Å². The number of hydrogen-bond acceptors (Lipinski definition) is 6. The molecule has 0 aliphatic rings. The summed E-state index contributed by atoms with van der Waals surface area (Å²) in [6, 6.07) is 11.7. The largest absolute Gasteiger partial charge is 0.507 e. The van der Waals surface area contributed by atoms with E-state index in [1.807, 2.05) is 48.5 Å². The maximum Gasteiger partial charge on any atom is 0.128 e. The first-order valence-electron chi connectivity index (χ1n) is 13.3. The third kappa shape index (κ3) is 4.96. The number of aromatic nitrogens is 2. The van der Waals surface area contributed by atoms with Crippen LogP contribution >= 0.6 is 22.7 Å². The third-order valence-electron chi connectivity index (χ3n) is 4.35. The van der Waals surface area contributed by atoms with Crippen LogP contribution in [-0.4, -0.2) is 20.2 Å². The van der Waals surface area contributed by atoms with Crippen LogP contribution in [-0.2, 0) is 19.5 Å². The minimum atomic E-state index is -0.463. The van der Waals surface area contributed by atoms with Gasteiger partial charge in [-0.05, 0) is 48.4 Å². The second-order valence-corrected chi connectivity index (χ2v) is 8.48. The molecule has 4 nitrogen and oxygen atoms in total. The van der Waals surface area contributed by atoms with Crippen molar-refractivity contribution in [1.29, 1.82) is 0 Å². The molecule has 0 bridgehead atoms. The monoisotopic (exact) mass is 526 g/mol. The molecule has 4 aromatic carbocycles. The maximum atomic E-state index is 10.0. The number of aromatic hydroxyl groups is 2. The second-order valence-electron chi connectivity index (χ2n) is 6.42. The van der Waals surface area contributed by atoms with Crippen LogP contribution in [0.15, 0.2) is 96.9 Å². The van der Waals surface area contributed by atoms with Gasteiger partial charge in [-0.3, -0.25) is 0 Å². The smallest absolute Gasteiger partial charge is 0.128 e. The Morgan fingerprint density at radius 1 is 0.606 bits per heavy atom. The molecule has 0 fully saturated rings. The molecule has 6 rings (SSSR count). The van der Waals surface area contributed by atoms with Gasteiger partial charge in [-0.1, -0.05) is 48.4 Å². The number of phenols is 2. The van der Waals surface area contributed by atoms with E-state index in [9.17, 15) is 10.2 Å². The molecule has 0 aliphatic carbocycles. The van der Waals surface area contributed by atoms with E-state index in [2.05, 4.69) is 9.97 Å². The summed E-state index contributed by atoms with van der Waals surface area (Å²) in [5.41, 5.74) is 1.58. The molecular formula is C26H18N2O2S2Zn. The summed E-state index contributed by atoms with van der Waals surface area (Å²) in [4.78, 5) is 8.65. The molecule has 158 valence electrons. The van der Waals surface area contributed by atoms with E-state index in [-0.39, 0.29) is 54.8 Å². The molecule has 2 heterocycles. The summed E-state index contributed by atoms with van der Waals surface area (Å²) < 4.78 is 63.3. The van der Waals surface area contributed by atoms with E-state index in [0.717, 1.165) is 20.4 Å². The summed E-state index contributed by atoms with van der Waals surface area (Å²) in [6.45, 7) is 0. The van der Waals surface area contributed by atoms with Gasteiger partial charge in [-0.15, -0.1) is 22.7 Å². The van der Waals surface area contributed by atoms with Crippen molar-refractivity contribution >= 4 is 43.1 Å². The number of fused-ring (bicyclic) bond motifs is 2. The van der Waals surface area contributed by atoms with E-state index in [1.54, 1.807) is 0 Å². The molecule has 7 heteroatoms. The van der Waals surface area contributed by atoms with Crippen LogP contribution in [0.3, 0.4) is 0 Å². The van der Waals surface area contributed by atoms with Crippen LogP contribution in [0.5, 0.6) is 11.5 Å². The zero-order chi connectivity index (χ0) is 28.9. The number of nitrogens with zero attached hydrogens (tertiary/aromatic N) is 2. The summed E-state index contributed by atoms with van der Waals surface area (Å²) in [6.07, 6.45) is 0. The number of rotatable bonds is 2. The van der Waals surface area contributed by atoms with E-state index in [1.165, 1.54) is 22.7 Å². The van der Waals surface area contributed by atoms with Crippen molar-refractivity contribution in [2.75, 3.05) is 0 Å². The van der Waals surface area contributed by atoms with Gasteiger partial charge in [-0.2, -0.15) is 0 Å². The third-order valence-corrected chi connectivity index (χ3v) is 6.46. The maximum absolute atomic E-state index is 10.0. The van der Waals surface area contributed by atoms with Crippen LogP contribution < -0.4 is 0 Å². The van der Waals surface area contributed by atoms with E-state index >= 15 is 0 Å². The zero-order valence-electron chi connectivity index (χ0n) is 24.9. The van der Waals surface area contributed by atoms with Gasteiger partial charge >= 0.3 is 0 Å². The number of hydrogen-bond donors (Lipinski definition) is 2. The van der Waals surface area contributed by atoms with Crippen LogP contribution in [0.4, 0.5) is 0 Å². The fourth-order valence-electron chi connectivity index (χ4n) is 2.88. The predicted molar refractivity (Wildman–Crippen MR) is 133 cm³/mol. The molecule has 0 saturated heterocycles. The zero-order valence-corrected chi connectivity index (χ0v) is 21.5. The number of thiazole rings is 2. The SMILES string of the molecule is [2H]c1c([2H])c([2H])c(-c2nc3ccccc3s2)c(O)c1[2H].[2H]c1c([2H])c([2H])c(-c2nc3ccccc3s2)c(O)c1[2H].[Zn]. The molecule has 0 unspecified atom stereocenters. The number of benzene rings is 4. The van der Waals surface area contributed by atoms with Crippen LogP contribution in [0, 0.1) is 0 Å². The normalized spacial score (nSPS) is 13.8. The van der Waals surface area contributed by atoms with Crippen molar-refractivity contribution < 1.29 is 40.7 Å². The first kappa shape index (κ1) is 14.9. The van der Waals surface area contributed by atoms with Crippen LogP contribution in [0.25, 0.3) is 41.6 Å². The summed E-state index contributed by atoms with van der Waals surface area (Å²) in [7, 11) is 0. The van der Waals surface area contributed by atoms with Gasteiger partial charge in [0.05, 0.1) is 42.5 Å². The number of phenolic OH excluding ortho intramolecular Hbond substituents is 2. The van der Waals surface area contributed by atoms with E-state index in [4.69, 9.17) is 11.0 Å². The van der Waals surface area contributed by atoms with E-state index < -0.39 is 35.7 Å². The Balaban J connectivity index is 0.000000184. The fraction of sp³-hybridized carbons (Fsp3) is 0. The molecule has 0 aliphatic heterocycles. The van der Waals surface area contributed by atoms with Crippen molar-refractivity contribution in [1.82, 2.24) is 9.97 Å². The Morgan fingerprint density at radius 2 is 1.00 bits per heavy atom. The van der Waals surface area contributed by atoms with Crippen LogP contribution in [0.2, 0.25) is 0 Å². The molecule has 0 amide bonds. The Bertz CT molecular complexity index is 1680. The Kier molecular flexibility index (Phi) is 4.62. The minimum Gasteiger partial charge on any atom is -0.507 e. The van der Waals surface area contributed by atoms with Gasteiger partial charge in [0.2, 0.25) is 0 Å². The summed E-state index contributed by atoms with van der Waals surface area (Å²) in [5, 5.41) is 20.8. The van der Waals surface area contributed by atoms with Gasteiger partial charge in [0, 0.05) is 19.5 Å². The molecule has 2 N–H and O–H groups in total. The van der Waals surface area contributed by atoms with Gasteiger partial charge in [0.1, 0.15) is 21.5 Å². The van der Waals surface area contributed by atoms with Crippen molar-refractivity contribution in [3.05, 3.63) is 96.9 Å². The Morgan fingerprint density at radius 3 is 1.42 bits per heavy atom. The molecule has 0 radical (unpaired) electrons. The molecule has 2 aromatic heterocycles. The van der Waals surface area contributed by atoms with E-state index in [0.29, 0.717) is 10.0 Å². The standard InChI is InChI=1S/2C13H9NOS.Zn/c2*15-11-7-3-1-5-9(11)13-14-10-6-2-4-8-12(10)16-13;/h2*1-8,15H;/i2*1D,3D,5D,7D;. The predicted octanol–water partition coefficient (Wildman–Crippen LogP) is 7.34. The molecule has 0 spiro atoms. The van der Waals surface area contributed by atoms with Crippen molar-refractivity contribution in [3.8, 4) is 32.6 Å². The Hall–Kier alpha value is -3.12. The minimum absolute atomic E-state index is 0. The topological polar surface area (TPSA) is 66.2 Å². The second kappa shape index (κ2) is 10.2. The van der Waals surface area contributed by atoms with Crippen molar-refractivity contribution in [3.63, 3.8) is 0 Å². The molecular weight excluding hydrogens is 502 g/mol. The number of para-hydroxylation sites is 4. The quantitative estimate of drug-likeness (QED) is 0.231. The first-order valence-corrected chi connectivity index (χ1v) is 10.9. The molecule has 0 saturated carbocycles. The fourth-order valence-corrected chi connectivity index (χ4v) is 4.81. The average molecular weight is 528 g/mol. The average Bonchev–Trinajstić information content (AvgIpc) is 3.57.